The molecule has 0 aliphatic carbocycles. The Morgan fingerprint density at radius 3 is 2.59 bits per heavy atom. The van der Waals surface area contributed by atoms with Crippen LogP contribution in [0.2, 0.25) is 10.3 Å². The first-order valence-corrected chi connectivity index (χ1v) is 5.73. The van der Waals surface area contributed by atoms with Crippen molar-refractivity contribution >= 4 is 28.9 Å². The molecule has 0 saturated carbocycles. The normalized spacial score (nSPS) is 10.3. The first-order valence-electron chi connectivity index (χ1n) is 4.97. The number of aryl methyl sites for hydroxylation is 1. The lowest BCUT2D eigenvalue weighted by atomic mass is 10.2. The molecule has 0 bridgehead atoms. The lowest BCUT2D eigenvalue weighted by Crippen LogP contribution is -2.03. The summed E-state index contributed by atoms with van der Waals surface area (Å²) in [4.78, 5) is 11.9. The van der Waals surface area contributed by atoms with Gasteiger partial charge in [0.05, 0.1) is 5.69 Å². The zero-order valence-corrected chi connectivity index (χ0v) is 10.6. The Morgan fingerprint density at radius 2 is 1.94 bits per heavy atom. The van der Waals surface area contributed by atoms with Crippen LogP contribution in [0.3, 0.4) is 0 Å². The van der Waals surface area contributed by atoms with E-state index in [1.807, 2.05) is 6.92 Å². The zero-order valence-electron chi connectivity index (χ0n) is 9.11. The number of rotatable bonds is 3. The predicted molar refractivity (Wildman–Crippen MR) is 68.4 cm³/mol. The molecule has 2 heterocycles. The summed E-state index contributed by atoms with van der Waals surface area (Å²) in [5.41, 5.74) is 2.70. The number of halogens is 2. The van der Waals surface area contributed by atoms with Crippen LogP contribution >= 0.6 is 23.2 Å². The Hall–Kier alpha value is -1.39. The Morgan fingerprint density at radius 1 is 1.24 bits per heavy atom. The average molecular weight is 269 g/mol. The minimum atomic E-state index is 0.367. The van der Waals surface area contributed by atoms with E-state index in [-0.39, 0.29) is 0 Å². The van der Waals surface area contributed by atoms with Gasteiger partial charge in [0.1, 0.15) is 11.5 Å². The van der Waals surface area contributed by atoms with Crippen molar-refractivity contribution in [2.75, 3.05) is 5.32 Å². The summed E-state index contributed by atoms with van der Waals surface area (Å²) >= 11 is 11.8. The molecule has 2 aromatic rings. The quantitative estimate of drug-likeness (QED) is 0.870. The second-order valence-corrected chi connectivity index (χ2v) is 4.27. The van der Waals surface area contributed by atoms with E-state index in [2.05, 4.69) is 20.3 Å². The number of pyridine rings is 1. The van der Waals surface area contributed by atoms with E-state index in [9.17, 15) is 0 Å². The summed E-state index contributed by atoms with van der Waals surface area (Å²) in [5, 5.41) is 3.95. The number of anilines is 1. The molecular weight excluding hydrogens is 259 g/mol. The Kier molecular flexibility index (Phi) is 3.76. The number of nitrogens with zero attached hydrogens (tertiary/aromatic N) is 3. The van der Waals surface area contributed by atoms with Crippen molar-refractivity contribution in [3.8, 4) is 0 Å². The molecule has 0 spiro atoms. The molecule has 0 amide bonds. The molecule has 2 aromatic heterocycles. The van der Waals surface area contributed by atoms with Crippen LogP contribution in [0.25, 0.3) is 0 Å². The second-order valence-electron chi connectivity index (χ2n) is 3.53. The highest BCUT2D eigenvalue weighted by Gasteiger charge is 2.07. The molecule has 0 unspecified atom stereocenters. The summed E-state index contributed by atoms with van der Waals surface area (Å²) < 4.78 is 0. The van der Waals surface area contributed by atoms with E-state index >= 15 is 0 Å². The lowest BCUT2D eigenvalue weighted by molar-refractivity contribution is 1.04. The number of nitrogens with one attached hydrogen (secondary N) is 1. The van der Waals surface area contributed by atoms with Gasteiger partial charge in [0, 0.05) is 24.5 Å². The van der Waals surface area contributed by atoms with E-state index in [1.54, 1.807) is 18.5 Å². The van der Waals surface area contributed by atoms with Gasteiger partial charge in [0.15, 0.2) is 5.15 Å². The molecule has 0 aromatic carbocycles. The van der Waals surface area contributed by atoms with Gasteiger partial charge in [-0.25, -0.2) is 15.0 Å². The smallest absolute Gasteiger partial charge is 0.154 e. The molecule has 4 nitrogen and oxygen atoms in total. The van der Waals surface area contributed by atoms with E-state index < -0.39 is 0 Å². The molecule has 88 valence electrons. The molecule has 1 N–H and O–H groups in total. The molecule has 0 saturated heterocycles. The van der Waals surface area contributed by atoms with Crippen LogP contribution in [0.5, 0.6) is 0 Å². The minimum absolute atomic E-state index is 0.367. The second kappa shape index (κ2) is 5.29. The van der Waals surface area contributed by atoms with E-state index in [0.29, 0.717) is 16.9 Å². The summed E-state index contributed by atoms with van der Waals surface area (Å²) in [6.45, 7) is 2.51. The molecule has 17 heavy (non-hydrogen) atoms. The van der Waals surface area contributed by atoms with Crippen LogP contribution in [0.4, 0.5) is 5.69 Å². The van der Waals surface area contributed by atoms with Crippen LogP contribution in [-0.2, 0) is 6.54 Å². The third kappa shape index (κ3) is 3.05. The topological polar surface area (TPSA) is 50.7 Å². The van der Waals surface area contributed by atoms with Crippen molar-refractivity contribution in [1.82, 2.24) is 15.0 Å². The van der Waals surface area contributed by atoms with Crippen molar-refractivity contribution in [3.63, 3.8) is 0 Å². The summed E-state index contributed by atoms with van der Waals surface area (Å²) in [6, 6.07) is 1.76. The third-order valence-corrected chi connectivity index (χ3v) is 2.69. The predicted octanol–water partition coefficient (Wildman–Crippen LogP) is 3.10. The number of hydrogen-bond donors (Lipinski definition) is 1. The van der Waals surface area contributed by atoms with Crippen molar-refractivity contribution in [1.29, 1.82) is 0 Å². The van der Waals surface area contributed by atoms with Crippen molar-refractivity contribution in [3.05, 3.63) is 46.2 Å². The molecule has 2 rings (SSSR count). The van der Waals surface area contributed by atoms with Crippen molar-refractivity contribution < 1.29 is 0 Å². The fraction of sp³-hybridized carbons (Fsp3) is 0.182. The molecular formula is C11H10Cl2N4. The summed E-state index contributed by atoms with van der Waals surface area (Å²) in [5.74, 6) is 0. The van der Waals surface area contributed by atoms with Crippen LogP contribution in [-0.4, -0.2) is 15.0 Å². The van der Waals surface area contributed by atoms with Crippen LogP contribution < -0.4 is 5.32 Å². The van der Waals surface area contributed by atoms with Gasteiger partial charge < -0.3 is 5.32 Å². The Bertz CT molecular complexity index is 493. The van der Waals surface area contributed by atoms with Gasteiger partial charge >= 0.3 is 0 Å². The van der Waals surface area contributed by atoms with Crippen molar-refractivity contribution in [2.24, 2.45) is 0 Å². The summed E-state index contributed by atoms with van der Waals surface area (Å²) in [6.07, 6.45) is 4.98. The molecule has 0 atom stereocenters. The maximum atomic E-state index is 6.01. The lowest BCUT2D eigenvalue weighted by Gasteiger charge is -2.10. The SMILES string of the molecule is Cc1cc(Cl)nc(Cl)c1NCc1cncnc1. The standard InChI is InChI=1S/C11H10Cl2N4/c1-7-2-9(12)17-11(13)10(7)16-5-8-3-14-6-15-4-8/h2-4,6,16H,5H2,1H3. The van der Waals surface area contributed by atoms with Crippen LogP contribution in [0, 0.1) is 6.92 Å². The molecule has 0 aliphatic heterocycles. The molecule has 0 aliphatic rings. The first kappa shape index (κ1) is 12.1. The van der Waals surface area contributed by atoms with E-state index in [0.717, 1.165) is 16.8 Å². The van der Waals surface area contributed by atoms with Gasteiger partial charge in [-0.05, 0) is 18.6 Å². The largest absolute Gasteiger partial charge is 0.378 e. The zero-order chi connectivity index (χ0) is 12.3. The van der Waals surface area contributed by atoms with Gasteiger partial charge in [0.2, 0.25) is 0 Å². The van der Waals surface area contributed by atoms with Gasteiger partial charge in [-0.2, -0.15) is 0 Å². The van der Waals surface area contributed by atoms with Crippen LogP contribution in [0.15, 0.2) is 24.8 Å². The Labute approximate surface area is 109 Å². The number of hydrogen-bond acceptors (Lipinski definition) is 4. The number of aromatic nitrogens is 3. The minimum Gasteiger partial charge on any atom is -0.378 e. The van der Waals surface area contributed by atoms with Crippen LogP contribution in [0.1, 0.15) is 11.1 Å². The maximum Gasteiger partial charge on any atom is 0.154 e. The van der Waals surface area contributed by atoms with Gasteiger partial charge in [0.25, 0.3) is 0 Å². The summed E-state index contributed by atoms with van der Waals surface area (Å²) in [7, 11) is 0. The molecule has 0 radical (unpaired) electrons. The average Bonchev–Trinajstić information content (AvgIpc) is 2.29. The first-order chi connectivity index (χ1) is 8.16. The Balaban J connectivity index is 2.15. The molecule has 6 heteroatoms. The fourth-order valence-corrected chi connectivity index (χ4v) is 2.02. The van der Waals surface area contributed by atoms with Crippen molar-refractivity contribution in [2.45, 2.75) is 13.5 Å². The molecule has 0 fully saturated rings. The fourth-order valence-electron chi connectivity index (χ4n) is 1.42. The van der Waals surface area contributed by atoms with Gasteiger partial charge in [-0.15, -0.1) is 0 Å². The van der Waals surface area contributed by atoms with E-state index in [4.69, 9.17) is 23.2 Å². The maximum absolute atomic E-state index is 6.01. The highest BCUT2D eigenvalue weighted by molar-refractivity contribution is 6.34. The highest BCUT2D eigenvalue weighted by Crippen LogP contribution is 2.26. The highest BCUT2D eigenvalue weighted by atomic mass is 35.5. The monoisotopic (exact) mass is 268 g/mol. The van der Waals surface area contributed by atoms with Gasteiger partial charge in [-0.1, -0.05) is 23.2 Å². The third-order valence-electron chi connectivity index (χ3n) is 2.22. The van der Waals surface area contributed by atoms with E-state index in [1.165, 1.54) is 6.33 Å². The van der Waals surface area contributed by atoms with Gasteiger partial charge in [-0.3, -0.25) is 0 Å².